The molecule has 2 amide bonds. The first-order valence-electron chi connectivity index (χ1n) is 8.32. The number of methoxy groups -OCH3 is 1. The number of rotatable bonds is 4. The zero-order valence-corrected chi connectivity index (χ0v) is 15.7. The van der Waals surface area contributed by atoms with Crippen LogP contribution >= 0.6 is 11.3 Å². The predicted molar refractivity (Wildman–Crippen MR) is 94.8 cm³/mol. The van der Waals surface area contributed by atoms with Crippen molar-refractivity contribution in [3.63, 3.8) is 0 Å². The van der Waals surface area contributed by atoms with E-state index >= 15 is 0 Å². The first-order valence-corrected chi connectivity index (χ1v) is 9.14. The maximum Gasteiger partial charge on any atom is 0.262 e. The molecule has 28 heavy (non-hydrogen) atoms. The van der Waals surface area contributed by atoms with Gasteiger partial charge in [-0.2, -0.15) is 8.78 Å². The number of ether oxygens (including phenoxy) is 1. The second kappa shape index (κ2) is 7.42. The SMILES string of the molecule is COc1c(F)c(F)c(C(=O)Nc2sc3c(c2C(N)=O)CCC(C)C3)c(F)c1F. The molecule has 1 aliphatic carbocycles. The Balaban J connectivity index is 2.05. The van der Waals surface area contributed by atoms with Crippen LogP contribution in [0, 0.1) is 29.2 Å². The number of primary amides is 1. The highest BCUT2D eigenvalue weighted by molar-refractivity contribution is 7.17. The molecule has 1 unspecified atom stereocenters. The van der Waals surface area contributed by atoms with Crippen molar-refractivity contribution in [1.82, 2.24) is 0 Å². The van der Waals surface area contributed by atoms with E-state index in [-0.39, 0.29) is 10.6 Å². The minimum Gasteiger partial charge on any atom is -0.491 e. The number of nitrogens with two attached hydrogens (primary N) is 1. The summed E-state index contributed by atoms with van der Waals surface area (Å²) >= 11 is 1.05. The van der Waals surface area contributed by atoms with Crippen LogP contribution in [-0.2, 0) is 12.8 Å². The normalized spacial score (nSPS) is 15.9. The van der Waals surface area contributed by atoms with Crippen molar-refractivity contribution < 1.29 is 31.9 Å². The van der Waals surface area contributed by atoms with Gasteiger partial charge in [-0.25, -0.2) is 8.78 Å². The Morgan fingerprint density at radius 2 is 1.71 bits per heavy atom. The van der Waals surface area contributed by atoms with E-state index in [1.165, 1.54) is 0 Å². The van der Waals surface area contributed by atoms with E-state index in [0.717, 1.165) is 29.7 Å². The summed E-state index contributed by atoms with van der Waals surface area (Å²) in [5.74, 6) is -10.6. The van der Waals surface area contributed by atoms with E-state index in [2.05, 4.69) is 10.1 Å². The van der Waals surface area contributed by atoms with Crippen molar-refractivity contribution in [2.24, 2.45) is 11.7 Å². The number of fused-ring (bicyclic) bond motifs is 1. The number of nitrogens with one attached hydrogen (secondary N) is 1. The van der Waals surface area contributed by atoms with Crippen LogP contribution in [0.2, 0.25) is 0 Å². The summed E-state index contributed by atoms with van der Waals surface area (Å²) in [4.78, 5) is 25.1. The Kier molecular flexibility index (Phi) is 5.33. The minimum absolute atomic E-state index is 0.00738. The molecule has 1 aromatic carbocycles. The maximum absolute atomic E-state index is 14.2. The van der Waals surface area contributed by atoms with Gasteiger partial charge >= 0.3 is 0 Å². The van der Waals surface area contributed by atoms with Crippen molar-refractivity contribution in [1.29, 1.82) is 0 Å². The quantitative estimate of drug-likeness (QED) is 0.588. The number of hydrogen-bond donors (Lipinski definition) is 2. The number of thiophene rings is 1. The Morgan fingerprint density at radius 3 is 2.25 bits per heavy atom. The van der Waals surface area contributed by atoms with E-state index in [0.29, 0.717) is 24.3 Å². The molecule has 1 aliphatic rings. The molecule has 0 aliphatic heterocycles. The topological polar surface area (TPSA) is 81.4 Å². The first-order chi connectivity index (χ1) is 13.2. The largest absolute Gasteiger partial charge is 0.491 e. The van der Waals surface area contributed by atoms with Crippen LogP contribution in [0.15, 0.2) is 0 Å². The Bertz CT molecular complexity index is 961. The number of amides is 2. The van der Waals surface area contributed by atoms with Gasteiger partial charge in [-0.15, -0.1) is 11.3 Å². The smallest absolute Gasteiger partial charge is 0.262 e. The van der Waals surface area contributed by atoms with Gasteiger partial charge in [0.2, 0.25) is 11.6 Å². The fourth-order valence-corrected chi connectivity index (χ4v) is 4.67. The van der Waals surface area contributed by atoms with E-state index < -0.39 is 46.4 Å². The number of halogens is 4. The van der Waals surface area contributed by atoms with Crippen molar-refractivity contribution in [3.8, 4) is 5.75 Å². The predicted octanol–water partition coefficient (Wildman–Crippen LogP) is 3.79. The number of hydrogen-bond acceptors (Lipinski definition) is 4. The van der Waals surface area contributed by atoms with Crippen LogP contribution in [0.1, 0.15) is 44.5 Å². The third-order valence-electron chi connectivity index (χ3n) is 4.64. The number of carbonyl (C=O) groups excluding carboxylic acids is 2. The minimum atomic E-state index is -1.90. The second-order valence-corrected chi connectivity index (χ2v) is 7.64. The van der Waals surface area contributed by atoms with Crippen LogP contribution in [0.25, 0.3) is 0 Å². The lowest BCUT2D eigenvalue weighted by Crippen LogP contribution is -2.21. The van der Waals surface area contributed by atoms with E-state index in [1.54, 1.807) is 0 Å². The van der Waals surface area contributed by atoms with Gasteiger partial charge < -0.3 is 15.8 Å². The van der Waals surface area contributed by atoms with Crippen LogP contribution in [0.4, 0.5) is 22.6 Å². The Morgan fingerprint density at radius 1 is 1.11 bits per heavy atom. The molecule has 3 N–H and O–H groups in total. The van der Waals surface area contributed by atoms with Crippen LogP contribution < -0.4 is 15.8 Å². The third kappa shape index (κ3) is 3.21. The molecule has 2 aromatic rings. The fourth-order valence-electron chi connectivity index (χ4n) is 3.26. The molecule has 1 atom stereocenters. The summed E-state index contributed by atoms with van der Waals surface area (Å²) < 4.78 is 60.4. The van der Waals surface area contributed by atoms with Crippen molar-refractivity contribution in [2.45, 2.75) is 26.2 Å². The fraction of sp³-hybridized carbons (Fsp3) is 0.333. The Labute approximate surface area is 161 Å². The highest BCUT2D eigenvalue weighted by atomic mass is 32.1. The van der Waals surface area contributed by atoms with Gasteiger partial charge in [0.25, 0.3) is 11.8 Å². The molecule has 150 valence electrons. The first kappa shape index (κ1) is 20.1. The molecule has 1 aromatic heterocycles. The monoisotopic (exact) mass is 416 g/mol. The van der Waals surface area contributed by atoms with Gasteiger partial charge in [0.1, 0.15) is 10.6 Å². The van der Waals surface area contributed by atoms with Gasteiger partial charge in [-0.1, -0.05) is 6.92 Å². The molecule has 5 nitrogen and oxygen atoms in total. The average Bonchev–Trinajstić information content (AvgIpc) is 2.97. The van der Waals surface area contributed by atoms with E-state index in [1.807, 2.05) is 6.92 Å². The van der Waals surface area contributed by atoms with Crippen molar-refractivity contribution in [3.05, 3.63) is 44.8 Å². The van der Waals surface area contributed by atoms with Crippen molar-refractivity contribution >= 4 is 28.2 Å². The molecular formula is C18H16F4N2O3S. The molecule has 0 saturated carbocycles. The summed E-state index contributed by atoms with van der Waals surface area (Å²) in [7, 11) is 0.830. The number of carbonyl (C=O) groups is 2. The molecule has 1 heterocycles. The summed E-state index contributed by atoms with van der Waals surface area (Å²) in [6.07, 6.45) is 2.04. The van der Waals surface area contributed by atoms with Gasteiger partial charge in [0.15, 0.2) is 17.4 Å². The zero-order chi connectivity index (χ0) is 20.7. The summed E-state index contributed by atoms with van der Waals surface area (Å²) in [6, 6.07) is 0. The standard InChI is InChI=1S/C18H16F4N2O3S/c1-6-3-4-7-8(5-6)28-18(9(7)16(23)25)24-17(26)10-11(19)13(21)15(27-2)14(22)12(10)20/h6H,3-5H2,1-2H3,(H2,23,25)(H,24,26). The average molecular weight is 416 g/mol. The molecule has 0 radical (unpaired) electrons. The number of benzene rings is 1. The summed E-state index contributed by atoms with van der Waals surface area (Å²) in [5.41, 5.74) is 4.69. The highest BCUT2D eigenvalue weighted by Crippen LogP contribution is 2.40. The summed E-state index contributed by atoms with van der Waals surface area (Å²) in [6.45, 7) is 2.03. The van der Waals surface area contributed by atoms with Crippen LogP contribution in [0.5, 0.6) is 5.75 Å². The second-order valence-electron chi connectivity index (χ2n) is 6.54. The third-order valence-corrected chi connectivity index (χ3v) is 5.81. The van der Waals surface area contributed by atoms with Crippen molar-refractivity contribution in [2.75, 3.05) is 12.4 Å². The number of anilines is 1. The molecule has 3 rings (SSSR count). The zero-order valence-electron chi connectivity index (χ0n) is 14.9. The Hall–Kier alpha value is -2.62. The van der Waals surface area contributed by atoms with Gasteiger partial charge in [-0.3, -0.25) is 9.59 Å². The van der Waals surface area contributed by atoms with E-state index in [4.69, 9.17) is 5.73 Å². The van der Waals surface area contributed by atoms with Gasteiger partial charge in [-0.05, 0) is 30.7 Å². The van der Waals surface area contributed by atoms with Gasteiger partial charge in [0.05, 0.1) is 12.7 Å². The van der Waals surface area contributed by atoms with Crippen LogP contribution in [0.3, 0.4) is 0 Å². The van der Waals surface area contributed by atoms with Crippen LogP contribution in [-0.4, -0.2) is 18.9 Å². The molecule has 0 saturated heterocycles. The molecule has 0 fully saturated rings. The molecular weight excluding hydrogens is 400 g/mol. The lowest BCUT2D eigenvalue weighted by atomic mass is 9.88. The highest BCUT2D eigenvalue weighted by Gasteiger charge is 2.32. The lowest BCUT2D eigenvalue weighted by molar-refractivity contribution is 0.1000. The maximum atomic E-state index is 14.2. The molecule has 0 bridgehead atoms. The van der Waals surface area contributed by atoms with Gasteiger partial charge in [0, 0.05) is 4.88 Å². The summed E-state index contributed by atoms with van der Waals surface area (Å²) in [5, 5.41) is 2.17. The molecule has 0 spiro atoms. The molecule has 10 heteroatoms. The van der Waals surface area contributed by atoms with E-state index in [9.17, 15) is 27.2 Å². The lowest BCUT2D eigenvalue weighted by Gasteiger charge is -2.18.